The maximum absolute atomic E-state index is 12.3. The van der Waals surface area contributed by atoms with Crippen molar-refractivity contribution in [3.8, 4) is 5.75 Å². The highest BCUT2D eigenvalue weighted by Gasteiger charge is 2.22. The Morgan fingerprint density at radius 3 is 2.90 bits per heavy atom. The maximum Gasteiger partial charge on any atom is 0.322 e. The van der Waals surface area contributed by atoms with Crippen LogP contribution < -0.4 is 10.1 Å². The number of ether oxygens (including phenoxy) is 1. The van der Waals surface area contributed by atoms with E-state index in [4.69, 9.17) is 16.3 Å². The molecule has 1 fully saturated rings. The maximum atomic E-state index is 12.3. The lowest BCUT2D eigenvalue weighted by atomic mass is 10.1. The van der Waals surface area contributed by atoms with Crippen molar-refractivity contribution in [2.75, 3.05) is 19.0 Å². The number of benzene rings is 1. The molecule has 1 aliphatic heterocycles. The molecule has 110 valence electrons. The van der Waals surface area contributed by atoms with E-state index in [9.17, 15) is 4.79 Å². The van der Waals surface area contributed by atoms with Gasteiger partial charge >= 0.3 is 6.03 Å². The summed E-state index contributed by atoms with van der Waals surface area (Å²) in [6.07, 6.45) is 4.53. The molecule has 1 aliphatic rings. The monoisotopic (exact) mass is 296 g/mol. The van der Waals surface area contributed by atoms with Crippen LogP contribution in [0.5, 0.6) is 5.75 Å². The average Bonchev–Trinajstić information content (AvgIpc) is 2.63. The fourth-order valence-electron chi connectivity index (χ4n) is 2.52. The molecule has 1 saturated heterocycles. The standard InChI is InChI=1S/C15H21ClN2O2/c1-11-6-4-3-5-9-18(11)15(19)17-12-7-8-14(20-2)13(16)10-12/h7-8,10-11H,3-6,9H2,1-2H3,(H,17,19). The molecular weight excluding hydrogens is 276 g/mol. The average molecular weight is 297 g/mol. The zero-order valence-corrected chi connectivity index (χ0v) is 12.7. The number of amides is 2. The SMILES string of the molecule is COc1ccc(NC(=O)N2CCCCCC2C)cc1Cl. The number of anilines is 1. The summed E-state index contributed by atoms with van der Waals surface area (Å²) in [6.45, 7) is 2.92. The predicted molar refractivity (Wildman–Crippen MR) is 81.7 cm³/mol. The van der Waals surface area contributed by atoms with Crippen molar-refractivity contribution in [3.63, 3.8) is 0 Å². The molecule has 20 heavy (non-hydrogen) atoms. The Labute approximate surface area is 125 Å². The van der Waals surface area contributed by atoms with Gasteiger partial charge in [-0.2, -0.15) is 0 Å². The lowest BCUT2D eigenvalue weighted by molar-refractivity contribution is 0.194. The highest BCUT2D eigenvalue weighted by atomic mass is 35.5. The molecule has 1 atom stereocenters. The van der Waals surface area contributed by atoms with E-state index in [0.29, 0.717) is 16.5 Å². The molecule has 0 bridgehead atoms. The fourth-order valence-corrected chi connectivity index (χ4v) is 2.77. The number of halogens is 1. The van der Waals surface area contributed by atoms with Crippen molar-refractivity contribution in [3.05, 3.63) is 23.2 Å². The minimum atomic E-state index is -0.0550. The molecule has 1 aromatic carbocycles. The van der Waals surface area contributed by atoms with Gasteiger partial charge < -0.3 is 15.0 Å². The summed E-state index contributed by atoms with van der Waals surface area (Å²) in [5.41, 5.74) is 0.692. The van der Waals surface area contributed by atoms with Gasteiger partial charge in [-0.15, -0.1) is 0 Å². The fraction of sp³-hybridized carbons (Fsp3) is 0.533. The van der Waals surface area contributed by atoms with Crippen molar-refractivity contribution < 1.29 is 9.53 Å². The van der Waals surface area contributed by atoms with Crippen molar-refractivity contribution >= 4 is 23.3 Å². The number of rotatable bonds is 2. The van der Waals surface area contributed by atoms with Gasteiger partial charge in [-0.05, 0) is 38.0 Å². The van der Waals surface area contributed by atoms with Crippen LogP contribution in [0.25, 0.3) is 0 Å². The Balaban J connectivity index is 2.04. The normalized spacial score (nSPS) is 19.4. The van der Waals surface area contributed by atoms with Gasteiger partial charge in [0.1, 0.15) is 5.75 Å². The van der Waals surface area contributed by atoms with E-state index in [1.165, 1.54) is 12.8 Å². The molecule has 0 radical (unpaired) electrons. The smallest absolute Gasteiger partial charge is 0.322 e. The third-order valence-electron chi connectivity index (χ3n) is 3.72. The Hall–Kier alpha value is -1.42. The number of nitrogens with zero attached hydrogens (tertiary/aromatic N) is 1. The Kier molecular flexibility index (Phi) is 5.12. The van der Waals surface area contributed by atoms with Gasteiger partial charge in [0, 0.05) is 18.3 Å². The number of urea groups is 1. The summed E-state index contributed by atoms with van der Waals surface area (Å²) in [6, 6.07) is 5.49. The molecule has 0 spiro atoms. The topological polar surface area (TPSA) is 41.6 Å². The van der Waals surface area contributed by atoms with Gasteiger partial charge in [0.25, 0.3) is 0 Å². The molecule has 0 aromatic heterocycles. The van der Waals surface area contributed by atoms with Crippen molar-refractivity contribution in [1.82, 2.24) is 4.90 Å². The summed E-state index contributed by atoms with van der Waals surface area (Å²) in [7, 11) is 1.57. The van der Waals surface area contributed by atoms with E-state index in [1.54, 1.807) is 25.3 Å². The Bertz CT molecular complexity index is 479. The summed E-state index contributed by atoms with van der Waals surface area (Å²) >= 11 is 6.06. The number of methoxy groups -OCH3 is 1. The molecule has 1 aromatic rings. The molecule has 0 aliphatic carbocycles. The first-order valence-electron chi connectivity index (χ1n) is 7.03. The van der Waals surface area contributed by atoms with E-state index in [2.05, 4.69) is 12.2 Å². The first kappa shape index (κ1) is 15.0. The molecule has 2 rings (SSSR count). The summed E-state index contributed by atoms with van der Waals surface area (Å²) in [5, 5.41) is 3.40. The molecule has 1 heterocycles. The molecule has 5 heteroatoms. The van der Waals surface area contributed by atoms with Crippen LogP contribution in [-0.4, -0.2) is 30.6 Å². The predicted octanol–water partition coefficient (Wildman–Crippen LogP) is 4.15. The van der Waals surface area contributed by atoms with Gasteiger partial charge in [-0.25, -0.2) is 4.79 Å². The van der Waals surface area contributed by atoms with Crippen LogP contribution in [0.1, 0.15) is 32.6 Å². The Morgan fingerprint density at radius 2 is 2.20 bits per heavy atom. The van der Waals surface area contributed by atoms with Crippen LogP contribution in [0.3, 0.4) is 0 Å². The summed E-state index contributed by atoms with van der Waals surface area (Å²) in [4.78, 5) is 14.2. The van der Waals surface area contributed by atoms with Crippen molar-refractivity contribution in [2.24, 2.45) is 0 Å². The van der Waals surface area contributed by atoms with Crippen LogP contribution in [0, 0.1) is 0 Å². The largest absolute Gasteiger partial charge is 0.495 e. The van der Waals surface area contributed by atoms with E-state index >= 15 is 0 Å². The number of carbonyl (C=O) groups excluding carboxylic acids is 1. The van der Waals surface area contributed by atoms with Crippen molar-refractivity contribution in [2.45, 2.75) is 38.6 Å². The third kappa shape index (κ3) is 3.57. The molecule has 2 amide bonds. The van der Waals surface area contributed by atoms with Crippen molar-refractivity contribution in [1.29, 1.82) is 0 Å². The van der Waals surface area contributed by atoms with E-state index in [0.717, 1.165) is 19.4 Å². The lowest BCUT2D eigenvalue weighted by Gasteiger charge is -2.27. The van der Waals surface area contributed by atoms with Gasteiger partial charge in [0.15, 0.2) is 0 Å². The van der Waals surface area contributed by atoms with Gasteiger partial charge in [0.05, 0.1) is 12.1 Å². The second kappa shape index (κ2) is 6.84. The zero-order chi connectivity index (χ0) is 14.5. The first-order valence-corrected chi connectivity index (χ1v) is 7.41. The van der Waals surface area contributed by atoms with Gasteiger partial charge in [-0.3, -0.25) is 0 Å². The second-order valence-electron chi connectivity index (χ2n) is 5.17. The number of hydrogen-bond donors (Lipinski definition) is 1. The van der Waals surface area contributed by atoms with Crippen LogP contribution in [-0.2, 0) is 0 Å². The summed E-state index contributed by atoms with van der Waals surface area (Å²) < 4.78 is 5.10. The lowest BCUT2D eigenvalue weighted by Crippen LogP contribution is -2.41. The molecular formula is C15H21ClN2O2. The van der Waals surface area contributed by atoms with E-state index in [-0.39, 0.29) is 12.1 Å². The number of nitrogens with one attached hydrogen (secondary N) is 1. The quantitative estimate of drug-likeness (QED) is 0.891. The molecule has 0 saturated carbocycles. The zero-order valence-electron chi connectivity index (χ0n) is 12.0. The number of likely N-dealkylation sites (tertiary alicyclic amines) is 1. The van der Waals surface area contributed by atoms with E-state index < -0.39 is 0 Å². The second-order valence-corrected chi connectivity index (χ2v) is 5.58. The van der Waals surface area contributed by atoms with Crippen LogP contribution in [0.4, 0.5) is 10.5 Å². The number of carbonyl (C=O) groups is 1. The third-order valence-corrected chi connectivity index (χ3v) is 4.01. The van der Waals surface area contributed by atoms with Gasteiger partial charge in [0.2, 0.25) is 0 Å². The summed E-state index contributed by atoms with van der Waals surface area (Å²) in [5.74, 6) is 0.604. The number of hydrogen-bond acceptors (Lipinski definition) is 2. The molecule has 1 N–H and O–H groups in total. The first-order chi connectivity index (χ1) is 9.61. The van der Waals surface area contributed by atoms with Crippen LogP contribution in [0.15, 0.2) is 18.2 Å². The minimum Gasteiger partial charge on any atom is -0.495 e. The van der Waals surface area contributed by atoms with Crippen LogP contribution in [0.2, 0.25) is 5.02 Å². The molecule has 1 unspecified atom stereocenters. The Morgan fingerprint density at radius 1 is 1.40 bits per heavy atom. The highest BCUT2D eigenvalue weighted by Crippen LogP contribution is 2.27. The molecule has 4 nitrogen and oxygen atoms in total. The minimum absolute atomic E-state index is 0.0550. The van der Waals surface area contributed by atoms with E-state index in [1.807, 2.05) is 4.90 Å². The highest BCUT2D eigenvalue weighted by molar-refractivity contribution is 6.32. The van der Waals surface area contributed by atoms with Crippen LogP contribution >= 0.6 is 11.6 Å². The van der Waals surface area contributed by atoms with Gasteiger partial charge in [-0.1, -0.05) is 24.4 Å².